The molecule has 0 fully saturated rings. The van der Waals surface area contributed by atoms with Crippen LogP contribution in [0, 0.1) is 0 Å². The fourth-order valence-electron chi connectivity index (χ4n) is 1.44. The summed E-state index contributed by atoms with van der Waals surface area (Å²) in [6, 6.07) is 5.27. The first-order valence-corrected chi connectivity index (χ1v) is 5.17. The molecule has 1 heterocycles. The maximum absolute atomic E-state index is 11.4. The summed E-state index contributed by atoms with van der Waals surface area (Å²) in [4.78, 5) is 21.6. The lowest BCUT2D eigenvalue weighted by Gasteiger charge is -2.05. The average Bonchev–Trinajstić information content (AvgIpc) is 2.75. The summed E-state index contributed by atoms with van der Waals surface area (Å²) < 4.78 is 4.67. The molecule has 2 aromatic rings. The van der Waals surface area contributed by atoms with Crippen molar-refractivity contribution < 1.29 is 19.4 Å². The van der Waals surface area contributed by atoms with Crippen molar-refractivity contribution in [3.8, 4) is 0 Å². The topological polar surface area (TPSA) is 104 Å². The summed E-state index contributed by atoms with van der Waals surface area (Å²) in [7, 11) is 0. The van der Waals surface area contributed by atoms with Crippen LogP contribution < -0.4 is 5.32 Å². The second-order valence-electron chi connectivity index (χ2n) is 3.61. The SMILES string of the molecule is O=C(O)COCC(=O)Nc1ccc2cn[nH]c2c1. The summed E-state index contributed by atoms with van der Waals surface area (Å²) in [6.07, 6.45) is 1.68. The molecule has 1 aromatic heterocycles. The van der Waals surface area contributed by atoms with E-state index >= 15 is 0 Å². The Morgan fingerprint density at radius 3 is 3.00 bits per heavy atom. The van der Waals surface area contributed by atoms with Gasteiger partial charge in [0.15, 0.2) is 0 Å². The maximum atomic E-state index is 11.4. The van der Waals surface area contributed by atoms with Gasteiger partial charge < -0.3 is 15.2 Å². The lowest BCUT2D eigenvalue weighted by atomic mass is 10.2. The minimum atomic E-state index is -1.11. The normalized spacial score (nSPS) is 10.4. The molecule has 2 rings (SSSR count). The second kappa shape index (κ2) is 5.28. The van der Waals surface area contributed by atoms with Crippen molar-refractivity contribution in [2.75, 3.05) is 18.5 Å². The number of H-pyrrole nitrogens is 1. The van der Waals surface area contributed by atoms with Gasteiger partial charge in [-0.15, -0.1) is 0 Å². The number of carboxylic acids is 1. The number of nitrogens with zero attached hydrogens (tertiary/aromatic N) is 1. The number of hydrogen-bond acceptors (Lipinski definition) is 4. The first-order chi connectivity index (χ1) is 8.65. The fourth-order valence-corrected chi connectivity index (χ4v) is 1.44. The molecule has 0 unspecified atom stereocenters. The van der Waals surface area contributed by atoms with Crippen LogP contribution in [0.5, 0.6) is 0 Å². The number of aromatic amines is 1. The number of rotatable bonds is 5. The zero-order valence-corrected chi connectivity index (χ0v) is 9.34. The van der Waals surface area contributed by atoms with Crippen LogP contribution in [0.15, 0.2) is 24.4 Å². The number of aliphatic carboxylic acids is 1. The minimum Gasteiger partial charge on any atom is -0.480 e. The van der Waals surface area contributed by atoms with Gasteiger partial charge in [-0.2, -0.15) is 5.10 Å². The molecule has 0 saturated carbocycles. The van der Waals surface area contributed by atoms with Crippen LogP contribution in [-0.2, 0) is 14.3 Å². The van der Waals surface area contributed by atoms with Gasteiger partial charge in [-0.05, 0) is 18.2 Å². The van der Waals surface area contributed by atoms with E-state index in [1.54, 1.807) is 18.3 Å². The summed E-state index contributed by atoms with van der Waals surface area (Å²) in [5.74, 6) is -1.52. The van der Waals surface area contributed by atoms with E-state index in [0.29, 0.717) is 5.69 Å². The molecule has 0 atom stereocenters. The second-order valence-corrected chi connectivity index (χ2v) is 3.61. The number of nitrogens with one attached hydrogen (secondary N) is 2. The Morgan fingerprint density at radius 2 is 2.22 bits per heavy atom. The number of amides is 1. The molecule has 0 radical (unpaired) electrons. The molecule has 0 aliphatic rings. The molecule has 1 aromatic carbocycles. The van der Waals surface area contributed by atoms with Gasteiger partial charge >= 0.3 is 5.97 Å². The molecule has 0 spiro atoms. The number of ether oxygens (including phenoxy) is 1. The van der Waals surface area contributed by atoms with E-state index < -0.39 is 18.5 Å². The van der Waals surface area contributed by atoms with Crippen LogP contribution in [0.3, 0.4) is 0 Å². The molecule has 0 aliphatic heterocycles. The molecular formula is C11H11N3O4. The van der Waals surface area contributed by atoms with Gasteiger partial charge in [0, 0.05) is 11.1 Å². The van der Waals surface area contributed by atoms with E-state index in [0.717, 1.165) is 10.9 Å². The van der Waals surface area contributed by atoms with Gasteiger partial charge in [-0.25, -0.2) is 4.79 Å². The van der Waals surface area contributed by atoms with E-state index in [4.69, 9.17) is 5.11 Å². The van der Waals surface area contributed by atoms with Crippen LogP contribution in [0.25, 0.3) is 10.9 Å². The van der Waals surface area contributed by atoms with E-state index in [-0.39, 0.29) is 6.61 Å². The molecule has 7 nitrogen and oxygen atoms in total. The Kier molecular flexibility index (Phi) is 3.54. The lowest BCUT2D eigenvalue weighted by molar-refractivity contribution is -0.143. The third kappa shape index (κ3) is 3.05. The van der Waals surface area contributed by atoms with Crippen LogP contribution in [0.1, 0.15) is 0 Å². The number of aromatic nitrogens is 2. The maximum Gasteiger partial charge on any atom is 0.329 e. The highest BCUT2D eigenvalue weighted by Gasteiger charge is 2.05. The Balaban J connectivity index is 1.91. The van der Waals surface area contributed by atoms with Gasteiger partial charge in [0.1, 0.15) is 13.2 Å². The number of benzene rings is 1. The third-order valence-electron chi connectivity index (χ3n) is 2.18. The molecule has 7 heteroatoms. The Bertz CT molecular complexity index is 578. The first kappa shape index (κ1) is 12.1. The highest BCUT2D eigenvalue weighted by Crippen LogP contribution is 2.16. The Hall–Kier alpha value is -2.41. The number of anilines is 1. The molecule has 18 heavy (non-hydrogen) atoms. The molecule has 0 bridgehead atoms. The smallest absolute Gasteiger partial charge is 0.329 e. The van der Waals surface area contributed by atoms with Crippen LogP contribution in [-0.4, -0.2) is 40.4 Å². The van der Waals surface area contributed by atoms with Crippen LogP contribution in [0.2, 0.25) is 0 Å². The van der Waals surface area contributed by atoms with Crippen molar-refractivity contribution in [1.29, 1.82) is 0 Å². The van der Waals surface area contributed by atoms with E-state index in [1.165, 1.54) is 0 Å². The number of carbonyl (C=O) groups excluding carboxylic acids is 1. The third-order valence-corrected chi connectivity index (χ3v) is 2.18. The van der Waals surface area contributed by atoms with E-state index in [9.17, 15) is 9.59 Å². The average molecular weight is 249 g/mol. The quantitative estimate of drug-likeness (QED) is 0.719. The van der Waals surface area contributed by atoms with Crippen molar-refractivity contribution in [3.05, 3.63) is 24.4 Å². The molecular weight excluding hydrogens is 238 g/mol. The lowest BCUT2D eigenvalue weighted by Crippen LogP contribution is -2.20. The minimum absolute atomic E-state index is 0.298. The van der Waals surface area contributed by atoms with Crippen molar-refractivity contribution in [1.82, 2.24) is 10.2 Å². The molecule has 1 amide bonds. The predicted octanol–water partition coefficient (Wildman–Crippen LogP) is 0.603. The summed E-state index contributed by atoms with van der Waals surface area (Å²) in [5, 5.41) is 18.5. The van der Waals surface area contributed by atoms with Crippen molar-refractivity contribution in [3.63, 3.8) is 0 Å². The number of hydrogen-bond donors (Lipinski definition) is 3. The highest BCUT2D eigenvalue weighted by molar-refractivity contribution is 5.94. The zero-order valence-electron chi connectivity index (χ0n) is 9.34. The van der Waals surface area contributed by atoms with Gasteiger partial charge in [0.05, 0.1) is 11.7 Å². The van der Waals surface area contributed by atoms with Crippen molar-refractivity contribution in [2.45, 2.75) is 0 Å². The van der Waals surface area contributed by atoms with E-state index in [1.807, 2.05) is 6.07 Å². The first-order valence-electron chi connectivity index (χ1n) is 5.17. The number of fused-ring (bicyclic) bond motifs is 1. The summed E-state index contributed by atoms with van der Waals surface area (Å²) >= 11 is 0. The van der Waals surface area contributed by atoms with Crippen molar-refractivity contribution >= 4 is 28.5 Å². The van der Waals surface area contributed by atoms with Crippen molar-refractivity contribution in [2.24, 2.45) is 0 Å². The number of carbonyl (C=O) groups is 2. The van der Waals surface area contributed by atoms with Gasteiger partial charge in [-0.1, -0.05) is 0 Å². The molecule has 0 saturated heterocycles. The summed E-state index contributed by atoms with van der Waals surface area (Å²) in [5.41, 5.74) is 1.40. The summed E-state index contributed by atoms with van der Waals surface area (Å²) in [6.45, 7) is -0.791. The Labute approximate surface area is 102 Å². The standard InChI is InChI=1S/C11H11N3O4/c15-10(5-18-6-11(16)17)13-8-2-1-7-4-12-14-9(7)3-8/h1-4H,5-6H2,(H,12,14)(H,13,15)(H,16,17). The van der Waals surface area contributed by atoms with Gasteiger partial charge in [0.2, 0.25) is 5.91 Å². The van der Waals surface area contributed by atoms with E-state index in [2.05, 4.69) is 20.3 Å². The monoisotopic (exact) mass is 249 g/mol. The highest BCUT2D eigenvalue weighted by atomic mass is 16.5. The molecule has 3 N–H and O–H groups in total. The largest absolute Gasteiger partial charge is 0.480 e. The zero-order chi connectivity index (χ0) is 13.0. The Morgan fingerprint density at radius 1 is 1.39 bits per heavy atom. The van der Waals surface area contributed by atoms with Crippen LogP contribution in [0.4, 0.5) is 5.69 Å². The van der Waals surface area contributed by atoms with Gasteiger partial charge in [0.25, 0.3) is 0 Å². The molecule has 0 aliphatic carbocycles. The van der Waals surface area contributed by atoms with Crippen LogP contribution >= 0.6 is 0 Å². The fraction of sp³-hybridized carbons (Fsp3) is 0.182. The van der Waals surface area contributed by atoms with Gasteiger partial charge in [-0.3, -0.25) is 9.89 Å². The molecule has 94 valence electrons. The number of carboxylic acid groups (broad SMARTS) is 1. The predicted molar refractivity (Wildman–Crippen MR) is 63.2 cm³/mol.